The van der Waals surface area contributed by atoms with Crippen molar-refractivity contribution in [2.24, 2.45) is 0 Å². The summed E-state index contributed by atoms with van der Waals surface area (Å²) in [6.07, 6.45) is -3.74. The van der Waals surface area contributed by atoms with E-state index in [2.05, 4.69) is 15.5 Å². The van der Waals surface area contributed by atoms with Gasteiger partial charge in [-0.15, -0.1) is 10.2 Å². The van der Waals surface area contributed by atoms with Gasteiger partial charge in [0.25, 0.3) is 0 Å². The lowest BCUT2D eigenvalue weighted by Gasteiger charge is -2.16. The summed E-state index contributed by atoms with van der Waals surface area (Å²) in [6, 6.07) is 6.55. The first-order valence-electron chi connectivity index (χ1n) is 5.22. The van der Waals surface area contributed by atoms with Crippen LogP contribution in [0.25, 0.3) is 10.8 Å². The second kappa shape index (κ2) is 5.16. The van der Waals surface area contributed by atoms with Crippen LogP contribution in [0.5, 0.6) is 0 Å². The molecule has 0 amide bonds. The summed E-state index contributed by atoms with van der Waals surface area (Å²) in [5.74, 6) is -4.15. The van der Waals surface area contributed by atoms with Gasteiger partial charge in [-0.1, -0.05) is 35.9 Å². The van der Waals surface area contributed by atoms with E-state index in [9.17, 15) is 17.6 Å². The molecule has 0 saturated carbocycles. The molecule has 19 heavy (non-hydrogen) atoms. The highest BCUT2D eigenvalue weighted by atomic mass is 35.5. The quantitative estimate of drug-likeness (QED) is 0.875. The van der Waals surface area contributed by atoms with Gasteiger partial charge < -0.3 is 5.32 Å². The first-order chi connectivity index (χ1) is 8.92. The van der Waals surface area contributed by atoms with Crippen LogP contribution in [0, 0.1) is 0 Å². The van der Waals surface area contributed by atoms with E-state index < -0.39 is 18.9 Å². The number of nitrogens with one attached hydrogen (secondary N) is 1. The average Bonchev–Trinajstić information content (AvgIpc) is 2.38. The Bertz CT molecular complexity index is 591. The Balaban J connectivity index is 2.29. The van der Waals surface area contributed by atoms with Crippen LogP contribution >= 0.6 is 11.6 Å². The van der Waals surface area contributed by atoms with Crippen LogP contribution in [-0.4, -0.2) is 29.1 Å². The predicted molar refractivity (Wildman–Crippen MR) is 64.0 cm³/mol. The maximum absolute atomic E-state index is 12.8. The first-order valence-corrected chi connectivity index (χ1v) is 5.60. The summed E-state index contributed by atoms with van der Waals surface area (Å²) < 4.78 is 49.7. The molecule has 1 N–H and O–H groups in total. The third kappa shape index (κ3) is 2.86. The highest BCUT2D eigenvalue weighted by molar-refractivity contribution is 6.34. The summed E-state index contributed by atoms with van der Waals surface area (Å²) in [7, 11) is 0. The molecular weight excluding hydrogens is 286 g/mol. The Morgan fingerprint density at radius 1 is 1.16 bits per heavy atom. The topological polar surface area (TPSA) is 37.8 Å². The van der Waals surface area contributed by atoms with Gasteiger partial charge in [0.1, 0.15) is 0 Å². The van der Waals surface area contributed by atoms with E-state index in [-0.39, 0.29) is 11.0 Å². The summed E-state index contributed by atoms with van der Waals surface area (Å²) in [5, 5.41) is 10.4. The minimum atomic E-state index is -4.14. The average molecular weight is 294 g/mol. The Kier molecular flexibility index (Phi) is 3.75. The number of alkyl halides is 4. The molecule has 0 unspecified atom stereocenters. The Morgan fingerprint density at radius 2 is 1.79 bits per heavy atom. The number of rotatable bonds is 4. The minimum Gasteiger partial charge on any atom is -0.362 e. The number of anilines is 1. The number of benzene rings is 1. The lowest BCUT2D eigenvalue weighted by molar-refractivity contribution is -0.117. The molecule has 2 aromatic rings. The molecule has 0 radical (unpaired) electrons. The van der Waals surface area contributed by atoms with Gasteiger partial charge in [0, 0.05) is 10.8 Å². The zero-order valence-corrected chi connectivity index (χ0v) is 10.1. The van der Waals surface area contributed by atoms with Gasteiger partial charge in [0.15, 0.2) is 11.0 Å². The Hall–Kier alpha value is -1.63. The molecule has 1 aromatic heterocycles. The molecule has 1 aromatic carbocycles. The highest BCUT2D eigenvalue weighted by Crippen LogP contribution is 2.27. The molecule has 0 fully saturated rings. The molecule has 0 spiro atoms. The van der Waals surface area contributed by atoms with Crippen molar-refractivity contribution in [2.45, 2.75) is 12.3 Å². The van der Waals surface area contributed by atoms with E-state index in [1.165, 1.54) is 0 Å². The molecule has 0 aliphatic heterocycles. The predicted octanol–water partition coefficient (Wildman–Crippen LogP) is 3.60. The van der Waals surface area contributed by atoms with Crippen LogP contribution in [0.3, 0.4) is 0 Å². The van der Waals surface area contributed by atoms with Gasteiger partial charge in [0.2, 0.25) is 0 Å². The number of nitrogens with zero attached hydrogens (tertiary/aromatic N) is 2. The third-order valence-electron chi connectivity index (χ3n) is 2.45. The van der Waals surface area contributed by atoms with Gasteiger partial charge in [-0.05, 0) is 0 Å². The van der Waals surface area contributed by atoms with Crippen LogP contribution in [0.1, 0.15) is 0 Å². The van der Waals surface area contributed by atoms with Crippen LogP contribution in [0.2, 0.25) is 5.15 Å². The van der Waals surface area contributed by atoms with Gasteiger partial charge >= 0.3 is 12.3 Å². The maximum Gasteiger partial charge on any atom is 0.324 e. The van der Waals surface area contributed by atoms with E-state index in [0.29, 0.717) is 10.8 Å². The molecule has 0 atom stereocenters. The monoisotopic (exact) mass is 293 g/mol. The molecule has 0 saturated heterocycles. The fraction of sp³-hybridized carbons (Fsp3) is 0.273. The van der Waals surface area contributed by atoms with Gasteiger partial charge in [-0.2, -0.15) is 8.78 Å². The van der Waals surface area contributed by atoms with E-state index in [4.69, 9.17) is 11.6 Å². The van der Waals surface area contributed by atoms with Crippen LogP contribution in [0.4, 0.5) is 23.4 Å². The number of aromatic nitrogens is 2. The lowest BCUT2D eigenvalue weighted by Crippen LogP contribution is -2.35. The summed E-state index contributed by atoms with van der Waals surface area (Å²) in [5.41, 5.74) is 0. The lowest BCUT2D eigenvalue weighted by atomic mass is 10.2. The highest BCUT2D eigenvalue weighted by Gasteiger charge is 2.40. The van der Waals surface area contributed by atoms with E-state index in [1.54, 1.807) is 24.3 Å². The van der Waals surface area contributed by atoms with Crippen molar-refractivity contribution in [1.29, 1.82) is 0 Å². The normalized spacial score (nSPS) is 12.1. The van der Waals surface area contributed by atoms with Gasteiger partial charge in [-0.3, -0.25) is 0 Å². The Labute approximate surface area is 110 Å². The summed E-state index contributed by atoms with van der Waals surface area (Å²) in [6.45, 7) is -1.23. The summed E-state index contributed by atoms with van der Waals surface area (Å²) >= 11 is 5.80. The van der Waals surface area contributed by atoms with Crippen molar-refractivity contribution in [3.63, 3.8) is 0 Å². The molecule has 2 rings (SSSR count). The van der Waals surface area contributed by atoms with Crippen molar-refractivity contribution in [1.82, 2.24) is 10.2 Å². The third-order valence-corrected chi connectivity index (χ3v) is 2.73. The zero-order chi connectivity index (χ0) is 14.0. The molecule has 0 bridgehead atoms. The van der Waals surface area contributed by atoms with Crippen molar-refractivity contribution < 1.29 is 17.6 Å². The van der Waals surface area contributed by atoms with Crippen molar-refractivity contribution in [3.8, 4) is 0 Å². The van der Waals surface area contributed by atoms with Crippen molar-refractivity contribution in [2.75, 3.05) is 11.9 Å². The number of halogens is 5. The van der Waals surface area contributed by atoms with Crippen LogP contribution in [-0.2, 0) is 0 Å². The molecule has 0 aliphatic carbocycles. The van der Waals surface area contributed by atoms with Crippen molar-refractivity contribution >= 4 is 28.2 Å². The van der Waals surface area contributed by atoms with Gasteiger partial charge in [0.05, 0.1) is 6.54 Å². The van der Waals surface area contributed by atoms with Gasteiger partial charge in [-0.25, -0.2) is 8.78 Å². The molecule has 102 valence electrons. The van der Waals surface area contributed by atoms with Crippen molar-refractivity contribution in [3.05, 3.63) is 29.4 Å². The molecule has 8 heteroatoms. The standard InChI is InChI=1S/C11H8ClF4N3/c12-8-6-3-1-2-4-7(6)9(19-18-8)17-5-11(15,16)10(13)14/h1-4,10H,5H2,(H,17,19). The van der Waals surface area contributed by atoms with Crippen LogP contribution in [0.15, 0.2) is 24.3 Å². The van der Waals surface area contributed by atoms with E-state index in [0.717, 1.165) is 0 Å². The number of fused-ring (bicyclic) bond motifs is 1. The first kappa shape index (κ1) is 13.8. The van der Waals surface area contributed by atoms with E-state index >= 15 is 0 Å². The zero-order valence-electron chi connectivity index (χ0n) is 9.38. The SMILES string of the molecule is FC(F)C(F)(F)CNc1nnc(Cl)c2ccccc12. The molecule has 0 aliphatic rings. The molecule has 1 heterocycles. The second-order valence-electron chi connectivity index (χ2n) is 3.80. The minimum absolute atomic E-state index is 0.0136. The Morgan fingerprint density at radius 3 is 2.42 bits per heavy atom. The smallest absolute Gasteiger partial charge is 0.324 e. The summed E-state index contributed by atoms with van der Waals surface area (Å²) in [4.78, 5) is 0. The largest absolute Gasteiger partial charge is 0.362 e. The fourth-order valence-electron chi connectivity index (χ4n) is 1.48. The van der Waals surface area contributed by atoms with E-state index in [1.807, 2.05) is 0 Å². The fourth-order valence-corrected chi connectivity index (χ4v) is 1.68. The van der Waals surface area contributed by atoms with Crippen LogP contribution < -0.4 is 5.32 Å². The molecular formula is C11H8ClF4N3. The number of hydrogen-bond donors (Lipinski definition) is 1. The number of hydrogen-bond acceptors (Lipinski definition) is 3. The molecule has 3 nitrogen and oxygen atoms in total. The second-order valence-corrected chi connectivity index (χ2v) is 4.16. The maximum atomic E-state index is 12.8.